The molecule has 0 saturated carbocycles. The van der Waals surface area contributed by atoms with E-state index in [1.807, 2.05) is 0 Å². The molecule has 0 aliphatic heterocycles. The van der Waals surface area contributed by atoms with E-state index in [4.69, 9.17) is 16.7 Å². The molecule has 0 bridgehead atoms. The van der Waals surface area contributed by atoms with Gasteiger partial charge in [-0.3, -0.25) is 4.79 Å². The van der Waals surface area contributed by atoms with E-state index >= 15 is 0 Å². The Bertz CT molecular complexity index is 572. The summed E-state index contributed by atoms with van der Waals surface area (Å²) in [6.45, 7) is 0.173. The number of amides is 1. The lowest BCUT2D eigenvalue weighted by atomic mass is 10.0. The van der Waals surface area contributed by atoms with Crippen molar-refractivity contribution in [3.8, 4) is 0 Å². The van der Waals surface area contributed by atoms with Gasteiger partial charge in [0, 0.05) is 6.04 Å². The van der Waals surface area contributed by atoms with Crippen molar-refractivity contribution in [2.24, 2.45) is 0 Å². The molecule has 1 amide bonds. The SMILES string of the molecule is O=C(CNC1CC=CCC1)Nc1cc(C(=O)O)ccc1Cl. The zero-order chi connectivity index (χ0) is 15.2. The summed E-state index contributed by atoms with van der Waals surface area (Å²) in [4.78, 5) is 22.8. The van der Waals surface area contributed by atoms with Crippen LogP contribution in [0.5, 0.6) is 0 Å². The molecule has 1 aromatic carbocycles. The highest BCUT2D eigenvalue weighted by Gasteiger charge is 2.13. The maximum Gasteiger partial charge on any atom is 0.335 e. The molecule has 5 nitrogen and oxygen atoms in total. The number of hydrogen-bond acceptors (Lipinski definition) is 3. The number of carboxylic acids is 1. The first-order chi connectivity index (χ1) is 10.1. The number of rotatable bonds is 5. The van der Waals surface area contributed by atoms with Crippen LogP contribution in [0.4, 0.5) is 5.69 Å². The highest BCUT2D eigenvalue weighted by molar-refractivity contribution is 6.33. The third-order valence-corrected chi connectivity index (χ3v) is 3.64. The van der Waals surface area contributed by atoms with Gasteiger partial charge in [0.15, 0.2) is 0 Å². The van der Waals surface area contributed by atoms with Crippen LogP contribution in [0.15, 0.2) is 30.4 Å². The molecule has 0 spiro atoms. The van der Waals surface area contributed by atoms with E-state index in [0.717, 1.165) is 19.3 Å². The van der Waals surface area contributed by atoms with E-state index < -0.39 is 5.97 Å². The molecular weight excluding hydrogens is 292 g/mol. The second-order valence-corrected chi connectivity index (χ2v) is 5.32. The zero-order valence-electron chi connectivity index (χ0n) is 11.4. The molecule has 0 fully saturated rings. The topological polar surface area (TPSA) is 78.4 Å². The Labute approximate surface area is 128 Å². The van der Waals surface area contributed by atoms with Gasteiger partial charge in [-0.05, 0) is 37.5 Å². The average Bonchev–Trinajstić information content (AvgIpc) is 2.48. The van der Waals surface area contributed by atoms with E-state index in [1.54, 1.807) is 0 Å². The largest absolute Gasteiger partial charge is 0.478 e. The van der Waals surface area contributed by atoms with E-state index in [9.17, 15) is 9.59 Å². The van der Waals surface area contributed by atoms with Crippen LogP contribution in [0.1, 0.15) is 29.6 Å². The number of allylic oxidation sites excluding steroid dienone is 1. The third kappa shape index (κ3) is 4.58. The van der Waals surface area contributed by atoms with Crippen LogP contribution in [0.2, 0.25) is 5.02 Å². The van der Waals surface area contributed by atoms with Gasteiger partial charge in [0.1, 0.15) is 0 Å². The van der Waals surface area contributed by atoms with Crippen molar-refractivity contribution in [3.05, 3.63) is 40.9 Å². The molecule has 0 saturated heterocycles. The first-order valence-corrected chi connectivity index (χ1v) is 7.15. The van der Waals surface area contributed by atoms with Gasteiger partial charge in [0.05, 0.1) is 22.8 Å². The van der Waals surface area contributed by atoms with E-state index in [2.05, 4.69) is 22.8 Å². The second-order valence-electron chi connectivity index (χ2n) is 4.91. The van der Waals surface area contributed by atoms with Crippen molar-refractivity contribution >= 4 is 29.2 Å². The minimum absolute atomic E-state index is 0.0834. The number of halogens is 1. The fourth-order valence-corrected chi connectivity index (χ4v) is 2.33. The minimum atomic E-state index is -1.06. The summed E-state index contributed by atoms with van der Waals surface area (Å²) in [5.74, 6) is -1.30. The number of benzene rings is 1. The Morgan fingerprint density at radius 2 is 2.14 bits per heavy atom. The molecular formula is C15H17ClN2O3. The Morgan fingerprint density at radius 1 is 1.33 bits per heavy atom. The normalized spacial score (nSPS) is 17.5. The quantitative estimate of drug-likeness (QED) is 0.731. The number of aromatic carboxylic acids is 1. The van der Waals surface area contributed by atoms with Crippen molar-refractivity contribution in [1.29, 1.82) is 0 Å². The fourth-order valence-electron chi connectivity index (χ4n) is 2.16. The maximum absolute atomic E-state index is 11.9. The molecule has 1 unspecified atom stereocenters. The molecule has 1 aliphatic carbocycles. The van der Waals surface area contributed by atoms with Crippen LogP contribution in [0.3, 0.4) is 0 Å². The summed E-state index contributed by atoms with van der Waals surface area (Å²) in [6.07, 6.45) is 7.19. The van der Waals surface area contributed by atoms with Gasteiger partial charge in [-0.15, -0.1) is 0 Å². The highest BCUT2D eigenvalue weighted by atomic mass is 35.5. The monoisotopic (exact) mass is 308 g/mol. The molecule has 21 heavy (non-hydrogen) atoms. The number of carbonyl (C=O) groups excluding carboxylic acids is 1. The van der Waals surface area contributed by atoms with Gasteiger partial charge < -0.3 is 15.7 Å². The van der Waals surface area contributed by atoms with Crippen molar-refractivity contribution in [2.75, 3.05) is 11.9 Å². The molecule has 6 heteroatoms. The summed E-state index contributed by atoms with van der Waals surface area (Å²) >= 11 is 5.96. The molecule has 3 N–H and O–H groups in total. The third-order valence-electron chi connectivity index (χ3n) is 3.31. The van der Waals surface area contributed by atoms with Crippen molar-refractivity contribution < 1.29 is 14.7 Å². The summed E-state index contributed by atoms with van der Waals surface area (Å²) < 4.78 is 0. The Morgan fingerprint density at radius 3 is 2.81 bits per heavy atom. The molecule has 0 aromatic heterocycles. The number of hydrogen-bond donors (Lipinski definition) is 3. The van der Waals surface area contributed by atoms with E-state index in [1.165, 1.54) is 18.2 Å². The first kappa shape index (κ1) is 15.5. The molecule has 1 aromatic rings. The lowest BCUT2D eigenvalue weighted by Gasteiger charge is -2.19. The van der Waals surface area contributed by atoms with Gasteiger partial charge in [-0.2, -0.15) is 0 Å². The zero-order valence-corrected chi connectivity index (χ0v) is 12.2. The second kappa shape index (κ2) is 7.24. The van der Waals surface area contributed by atoms with Gasteiger partial charge in [-0.1, -0.05) is 23.8 Å². The van der Waals surface area contributed by atoms with Crippen LogP contribution in [-0.2, 0) is 4.79 Å². The van der Waals surface area contributed by atoms with Gasteiger partial charge in [0.2, 0.25) is 5.91 Å². The van der Waals surface area contributed by atoms with E-state index in [0.29, 0.717) is 16.8 Å². The molecule has 1 aliphatic rings. The predicted molar refractivity (Wildman–Crippen MR) is 81.8 cm³/mol. The molecule has 112 valence electrons. The molecule has 0 heterocycles. The summed E-state index contributed by atoms with van der Waals surface area (Å²) in [6, 6.07) is 4.51. The fraction of sp³-hybridized carbons (Fsp3) is 0.333. The van der Waals surface area contributed by atoms with Crippen molar-refractivity contribution in [1.82, 2.24) is 5.32 Å². The molecule has 0 radical (unpaired) electrons. The predicted octanol–water partition coefficient (Wildman–Crippen LogP) is 2.68. The van der Waals surface area contributed by atoms with Gasteiger partial charge >= 0.3 is 5.97 Å². The smallest absolute Gasteiger partial charge is 0.335 e. The Balaban J connectivity index is 1.91. The number of nitrogens with one attached hydrogen (secondary N) is 2. The minimum Gasteiger partial charge on any atom is -0.478 e. The molecule has 1 atom stereocenters. The van der Waals surface area contributed by atoms with Crippen LogP contribution >= 0.6 is 11.6 Å². The van der Waals surface area contributed by atoms with Crippen molar-refractivity contribution in [3.63, 3.8) is 0 Å². The summed E-state index contributed by atoms with van der Waals surface area (Å²) in [7, 11) is 0. The number of carboxylic acid groups (broad SMARTS) is 1. The maximum atomic E-state index is 11.9. The number of carbonyl (C=O) groups is 2. The van der Waals surface area contributed by atoms with Crippen LogP contribution in [-0.4, -0.2) is 29.6 Å². The van der Waals surface area contributed by atoms with Crippen LogP contribution in [0.25, 0.3) is 0 Å². The van der Waals surface area contributed by atoms with Crippen molar-refractivity contribution in [2.45, 2.75) is 25.3 Å². The average molecular weight is 309 g/mol. The number of anilines is 1. The van der Waals surface area contributed by atoms with Gasteiger partial charge in [-0.25, -0.2) is 4.79 Å². The van der Waals surface area contributed by atoms with Crippen LogP contribution < -0.4 is 10.6 Å². The van der Waals surface area contributed by atoms with E-state index in [-0.39, 0.29) is 18.0 Å². The summed E-state index contributed by atoms with van der Waals surface area (Å²) in [5.41, 5.74) is 0.395. The standard InChI is InChI=1S/C15H17ClN2O3/c16-12-7-6-10(15(20)21)8-13(12)18-14(19)9-17-11-4-2-1-3-5-11/h1-2,6-8,11,17H,3-5,9H2,(H,18,19)(H,20,21). The Kier molecular flexibility index (Phi) is 5.36. The lowest BCUT2D eigenvalue weighted by Crippen LogP contribution is -2.36. The van der Waals surface area contributed by atoms with Crippen LogP contribution in [0, 0.1) is 0 Å². The highest BCUT2D eigenvalue weighted by Crippen LogP contribution is 2.23. The molecule has 2 rings (SSSR count). The summed E-state index contributed by atoms with van der Waals surface area (Å²) in [5, 5.41) is 15.1. The van der Waals surface area contributed by atoms with Gasteiger partial charge in [0.25, 0.3) is 0 Å². The Hall–Kier alpha value is -1.85. The lowest BCUT2D eigenvalue weighted by molar-refractivity contribution is -0.115. The first-order valence-electron chi connectivity index (χ1n) is 6.77.